The highest BCUT2D eigenvalue weighted by atomic mass is 16.6. The van der Waals surface area contributed by atoms with Crippen molar-refractivity contribution in [2.24, 2.45) is 5.10 Å². The van der Waals surface area contributed by atoms with E-state index in [4.69, 9.17) is 4.74 Å². The molecule has 1 amide bonds. The Labute approximate surface area is 131 Å². The van der Waals surface area contributed by atoms with Crippen molar-refractivity contribution in [3.63, 3.8) is 0 Å². The molecule has 0 spiro atoms. The Hall–Kier alpha value is -3.42. The van der Waals surface area contributed by atoms with E-state index in [0.29, 0.717) is 5.56 Å². The molecule has 0 aromatic heterocycles. The lowest BCUT2D eigenvalue weighted by Gasteiger charge is -2.12. The van der Waals surface area contributed by atoms with Gasteiger partial charge in [0.1, 0.15) is 5.75 Å². The van der Waals surface area contributed by atoms with E-state index in [1.165, 1.54) is 19.4 Å². The summed E-state index contributed by atoms with van der Waals surface area (Å²) < 4.78 is 4.81. The zero-order chi connectivity index (χ0) is 16.8. The Morgan fingerprint density at radius 1 is 1.30 bits per heavy atom. The molecule has 0 aliphatic heterocycles. The van der Waals surface area contributed by atoms with Crippen LogP contribution in [0.3, 0.4) is 0 Å². The van der Waals surface area contributed by atoms with Crippen molar-refractivity contribution in [3.8, 4) is 11.5 Å². The van der Waals surface area contributed by atoms with Gasteiger partial charge in [0.25, 0.3) is 11.6 Å². The van der Waals surface area contributed by atoms with Gasteiger partial charge in [0.15, 0.2) is 0 Å². The van der Waals surface area contributed by atoms with Gasteiger partial charge in [-0.2, -0.15) is 5.10 Å². The number of hydrogen-bond acceptors (Lipinski definition) is 6. The fraction of sp³-hybridized carbons (Fsp3) is 0.0667. The van der Waals surface area contributed by atoms with E-state index in [0.717, 1.165) is 6.07 Å². The van der Waals surface area contributed by atoms with E-state index in [1.54, 1.807) is 30.3 Å². The number of nitro benzene ring substituents is 1. The third kappa shape index (κ3) is 3.82. The highest BCUT2D eigenvalue weighted by Gasteiger charge is 2.12. The number of hydrazone groups is 1. The lowest BCUT2D eigenvalue weighted by molar-refractivity contribution is -0.398. The monoisotopic (exact) mass is 314 g/mol. The minimum atomic E-state index is -0.817. The number of methoxy groups -OCH3 is 1. The van der Waals surface area contributed by atoms with Crippen LogP contribution in [0.15, 0.2) is 47.6 Å². The number of nitrogens with zero attached hydrogens (tertiary/aromatic N) is 2. The summed E-state index contributed by atoms with van der Waals surface area (Å²) in [7, 11) is 1.23. The zero-order valence-electron chi connectivity index (χ0n) is 12.1. The summed E-state index contributed by atoms with van der Waals surface area (Å²) in [5.41, 5.74) is 2.34. The number of hydrogen-bond donors (Lipinski definition) is 1. The number of nitrogens with one attached hydrogen (secondary N) is 1. The first-order valence-corrected chi connectivity index (χ1v) is 6.45. The number of nitro groups is 1. The van der Waals surface area contributed by atoms with Crippen molar-refractivity contribution < 1.29 is 19.6 Å². The van der Waals surface area contributed by atoms with E-state index >= 15 is 0 Å². The Morgan fingerprint density at radius 2 is 2.00 bits per heavy atom. The molecule has 0 radical (unpaired) electrons. The second-order valence-electron chi connectivity index (χ2n) is 4.39. The molecule has 0 atom stereocenters. The molecular formula is C15H12N3O5-. The van der Waals surface area contributed by atoms with Gasteiger partial charge in [0.2, 0.25) is 0 Å². The van der Waals surface area contributed by atoms with Crippen LogP contribution in [0.25, 0.3) is 0 Å². The summed E-state index contributed by atoms with van der Waals surface area (Å²) in [5.74, 6) is -1.42. The molecule has 0 aliphatic carbocycles. The fourth-order valence-electron chi connectivity index (χ4n) is 1.79. The van der Waals surface area contributed by atoms with Crippen LogP contribution in [0.1, 0.15) is 15.9 Å². The van der Waals surface area contributed by atoms with Crippen LogP contribution in [0.4, 0.5) is 5.69 Å². The van der Waals surface area contributed by atoms with Crippen LogP contribution in [0.5, 0.6) is 11.5 Å². The molecule has 23 heavy (non-hydrogen) atoms. The average molecular weight is 314 g/mol. The maximum atomic E-state index is 11.8. The van der Waals surface area contributed by atoms with E-state index in [9.17, 15) is 20.0 Å². The van der Waals surface area contributed by atoms with Crippen molar-refractivity contribution >= 4 is 17.8 Å². The predicted octanol–water partition coefficient (Wildman–Crippen LogP) is 1.44. The van der Waals surface area contributed by atoms with Gasteiger partial charge in [0.05, 0.1) is 18.2 Å². The van der Waals surface area contributed by atoms with Crippen molar-refractivity contribution in [3.05, 3.63) is 63.7 Å². The van der Waals surface area contributed by atoms with Gasteiger partial charge in [-0.1, -0.05) is 18.2 Å². The lowest BCUT2D eigenvalue weighted by Crippen LogP contribution is -2.17. The van der Waals surface area contributed by atoms with Gasteiger partial charge in [-0.05, 0) is 18.2 Å². The molecule has 0 unspecified atom stereocenters. The van der Waals surface area contributed by atoms with Crippen molar-refractivity contribution in [2.75, 3.05) is 7.11 Å². The summed E-state index contributed by atoms with van der Waals surface area (Å²) >= 11 is 0. The Morgan fingerprint density at radius 3 is 2.61 bits per heavy atom. The molecule has 8 heteroatoms. The topological polar surface area (TPSA) is 117 Å². The van der Waals surface area contributed by atoms with Crippen LogP contribution < -0.4 is 15.3 Å². The van der Waals surface area contributed by atoms with E-state index < -0.39 is 22.3 Å². The molecule has 2 aromatic rings. The molecule has 0 bridgehead atoms. The van der Waals surface area contributed by atoms with E-state index in [1.807, 2.05) is 0 Å². The first-order chi connectivity index (χ1) is 11.0. The second kappa shape index (κ2) is 7.03. The maximum absolute atomic E-state index is 11.8. The number of ether oxygens (including phenoxy) is 1. The third-order valence-corrected chi connectivity index (χ3v) is 2.89. The van der Waals surface area contributed by atoms with Crippen LogP contribution in [0.2, 0.25) is 0 Å². The molecule has 118 valence electrons. The average Bonchev–Trinajstić information content (AvgIpc) is 2.56. The molecule has 0 aliphatic rings. The minimum Gasteiger partial charge on any atom is -0.865 e. The van der Waals surface area contributed by atoms with Gasteiger partial charge < -0.3 is 9.84 Å². The minimum absolute atomic E-state index is 0.171. The lowest BCUT2D eigenvalue weighted by atomic mass is 10.2. The van der Waals surface area contributed by atoms with Crippen LogP contribution in [-0.2, 0) is 0 Å². The molecule has 0 saturated heterocycles. The largest absolute Gasteiger partial charge is 0.865 e. The van der Waals surface area contributed by atoms with E-state index in [-0.39, 0.29) is 11.3 Å². The summed E-state index contributed by atoms with van der Waals surface area (Å²) in [4.78, 5) is 21.8. The molecule has 2 rings (SSSR count). The fourth-order valence-corrected chi connectivity index (χ4v) is 1.79. The molecule has 1 N–H and O–H groups in total. The van der Waals surface area contributed by atoms with Crippen LogP contribution >= 0.6 is 0 Å². The van der Waals surface area contributed by atoms with Crippen molar-refractivity contribution in [1.82, 2.24) is 5.43 Å². The number of carbonyl (C=O) groups excluding carboxylic acids is 1. The van der Waals surface area contributed by atoms with Gasteiger partial charge in [-0.3, -0.25) is 14.9 Å². The maximum Gasteiger partial charge on any atom is 0.271 e. The Bertz CT molecular complexity index is 759. The van der Waals surface area contributed by atoms with Gasteiger partial charge in [-0.15, -0.1) is 0 Å². The Kier molecular flexibility index (Phi) is 4.88. The van der Waals surface area contributed by atoms with Gasteiger partial charge >= 0.3 is 0 Å². The number of amides is 1. The Balaban J connectivity index is 2.18. The predicted molar refractivity (Wildman–Crippen MR) is 80.6 cm³/mol. The van der Waals surface area contributed by atoms with Crippen molar-refractivity contribution in [2.45, 2.75) is 0 Å². The molecule has 2 aromatic carbocycles. The molecule has 0 saturated carbocycles. The number of rotatable bonds is 5. The smallest absolute Gasteiger partial charge is 0.271 e. The van der Waals surface area contributed by atoms with Gasteiger partial charge in [0, 0.05) is 22.9 Å². The van der Waals surface area contributed by atoms with Crippen LogP contribution in [0, 0.1) is 10.1 Å². The zero-order valence-corrected chi connectivity index (χ0v) is 12.1. The standard InChI is InChI=1S/C15H13N3O5/c1-23-13-8-10(7-12(14(13)19)18(21)22)9-16-17-15(20)11-5-3-2-4-6-11/h2-9,19H,1H3,(H,17,20)/p-1/b16-9-. The second-order valence-corrected chi connectivity index (χ2v) is 4.39. The molecular weight excluding hydrogens is 302 g/mol. The summed E-state index contributed by atoms with van der Waals surface area (Å²) in [6.07, 6.45) is 1.19. The third-order valence-electron chi connectivity index (χ3n) is 2.89. The first kappa shape index (κ1) is 16.0. The SMILES string of the molecule is COc1cc(/C=N\NC(=O)c2ccccc2)cc([N+](=O)[O-])c1[O-]. The summed E-state index contributed by atoms with van der Waals surface area (Å²) in [6.45, 7) is 0. The highest BCUT2D eigenvalue weighted by Crippen LogP contribution is 2.33. The number of benzene rings is 2. The summed E-state index contributed by atoms with van der Waals surface area (Å²) in [6, 6.07) is 10.8. The molecule has 0 fully saturated rings. The van der Waals surface area contributed by atoms with Crippen LogP contribution in [-0.4, -0.2) is 24.2 Å². The van der Waals surface area contributed by atoms with Crippen molar-refractivity contribution in [1.29, 1.82) is 0 Å². The summed E-state index contributed by atoms with van der Waals surface area (Å²) in [5, 5.41) is 26.2. The number of carbonyl (C=O) groups is 1. The van der Waals surface area contributed by atoms with Gasteiger partial charge in [-0.25, -0.2) is 5.43 Å². The quantitative estimate of drug-likeness (QED) is 0.509. The highest BCUT2D eigenvalue weighted by molar-refractivity contribution is 5.94. The molecule has 8 nitrogen and oxygen atoms in total. The molecule has 0 heterocycles. The van der Waals surface area contributed by atoms with E-state index in [2.05, 4.69) is 10.5 Å². The first-order valence-electron chi connectivity index (χ1n) is 6.45. The normalized spacial score (nSPS) is 10.5.